The minimum atomic E-state index is -0.152. The van der Waals surface area contributed by atoms with E-state index in [1.807, 2.05) is 30.0 Å². The van der Waals surface area contributed by atoms with Gasteiger partial charge in [0.2, 0.25) is 5.91 Å². The van der Waals surface area contributed by atoms with E-state index in [4.69, 9.17) is 11.6 Å². The van der Waals surface area contributed by atoms with Crippen LogP contribution in [0.5, 0.6) is 0 Å². The minimum Gasteiger partial charge on any atom is -0.341 e. The van der Waals surface area contributed by atoms with Crippen LogP contribution in [-0.2, 0) is 11.3 Å². The van der Waals surface area contributed by atoms with Gasteiger partial charge in [-0.05, 0) is 53.4 Å². The molecule has 1 fully saturated rings. The van der Waals surface area contributed by atoms with E-state index in [0.717, 1.165) is 36.0 Å². The molecule has 3 nitrogen and oxygen atoms in total. The van der Waals surface area contributed by atoms with Gasteiger partial charge in [0, 0.05) is 24.1 Å². The zero-order valence-corrected chi connectivity index (χ0v) is 13.3. The Hall–Kier alpha value is -0.580. The number of halogens is 2. The molecule has 0 aromatic heterocycles. The molecule has 1 heterocycles. The van der Waals surface area contributed by atoms with Crippen molar-refractivity contribution in [2.24, 2.45) is 0 Å². The number of hydrogen-bond acceptors (Lipinski definition) is 2. The predicted molar refractivity (Wildman–Crippen MR) is 81.3 cm³/mol. The number of amides is 1. The Kier molecular flexibility index (Phi) is 5.25. The summed E-state index contributed by atoms with van der Waals surface area (Å²) in [5, 5.41) is 3.95. The lowest BCUT2D eigenvalue weighted by atomic mass is 10.2. The highest BCUT2D eigenvalue weighted by Gasteiger charge is 2.22. The third-order valence-corrected chi connectivity index (χ3v) is 4.62. The zero-order chi connectivity index (χ0) is 13.8. The second-order valence-corrected chi connectivity index (χ2v) is 6.14. The number of benzene rings is 1. The summed E-state index contributed by atoms with van der Waals surface area (Å²) in [6.07, 6.45) is 2.25. The molecule has 104 valence electrons. The van der Waals surface area contributed by atoms with Gasteiger partial charge < -0.3 is 10.2 Å². The summed E-state index contributed by atoms with van der Waals surface area (Å²) in [4.78, 5) is 14.1. The summed E-state index contributed by atoms with van der Waals surface area (Å²) in [7, 11) is 0. The van der Waals surface area contributed by atoms with Crippen molar-refractivity contribution in [3.05, 3.63) is 33.3 Å². The molecule has 1 aromatic rings. The lowest BCUT2D eigenvalue weighted by Gasteiger charge is -2.21. The SMILES string of the molecule is CC(NCc1ccc(Br)c(Cl)c1)C(=O)N1CCCC1. The summed E-state index contributed by atoms with van der Waals surface area (Å²) in [5.41, 5.74) is 1.08. The Labute approximate surface area is 127 Å². The molecule has 0 aliphatic carbocycles. The molecule has 2 rings (SSSR count). The first-order chi connectivity index (χ1) is 9.08. The fraction of sp³-hybridized carbons (Fsp3) is 0.500. The molecule has 0 radical (unpaired) electrons. The summed E-state index contributed by atoms with van der Waals surface area (Å²) >= 11 is 9.41. The highest BCUT2D eigenvalue weighted by atomic mass is 79.9. The van der Waals surface area contributed by atoms with E-state index in [1.54, 1.807) is 0 Å². The van der Waals surface area contributed by atoms with E-state index in [0.29, 0.717) is 11.6 Å². The fourth-order valence-corrected chi connectivity index (χ4v) is 2.67. The lowest BCUT2D eigenvalue weighted by Crippen LogP contribution is -2.43. The molecule has 5 heteroatoms. The Morgan fingerprint density at radius 3 is 2.79 bits per heavy atom. The van der Waals surface area contributed by atoms with E-state index < -0.39 is 0 Å². The number of hydrogen-bond donors (Lipinski definition) is 1. The van der Waals surface area contributed by atoms with Crippen molar-refractivity contribution >= 4 is 33.4 Å². The highest BCUT2D eigenvalue weighted by molar-refractivity contribution is 9.10. The maximum absolute atomic E-state index is 12.1. The smallest absolute Gasteiger partial charge is 0.239 e. The van der Waals surface area contributed by atoms with Crippen LogP contribution in [0.1, 0.15) is 25.3 Å². The van der Waals surface area contributed by atoms with Gasteiger partial charge in [-0.15, -0.1) is 0 Å². The topological polar surface area (TPSA) is 32.3 Å². The fourth-order valence-electron chi connectivity index (χ4n) is 2.22. The van der Waals surface area contributed by atoms with E-state index in [1.165, 1.54) is 0 Å². The van der Waals surface area contributed by atoms with Crippen molar-refractivity contribution in [2.75, 3.05) is 13.1 Å². The number of carbonyl (C=O) groups is 1. The van der Waals surface area contributed by atoms with Crippen LogP contribution in [0.15, 0.2) is 22.7 Å². The molecule has 1 unspecified atom stereocenters. The average molecular weight is 346 g/mol. The first-order valence-corrected chi connectivity index (χ1v) is 7.71. The number of carbonyl (C=O) groups excluding carboxylic acids is 1. The van der Waals surface area contributed by atoms with Crippen LogP contribution in [0, 0.1) is 0 Å². The van der Waals surface area contributed by atoms with Gasteiger partial charge in [0.05, 0.1) is 11.1 Å². The zero-order valence-electron chi connectivity index (χ0n) is 11.0. The molecular formula is C14H18BrClN2O. The maximum Gasteiger partial charge on any atom is 0.239 e. The number of nitrogens with one attached hydrogen (secondary N) is 1. The van der Waals surface area contributed by atoms with Gasteiger partial charge >= 0.3 is 0 Å². The van der Waals surface area contributed by atoms with Gasteiger partial charge in [0.1, 0.15) is 0 Å². The van der Waals surface area contributed by atoms with Gasteiger partial charge in [0.15, 0.2) is 0 Å². The number of likely N-dealkylation sites (tertiary alicyclic amines) is 1. The van der Waals surface area contributed by atoms with Crippen molar-refractivity contribution in [3.63, 3.8) is 0 Å². The average Bonchev–Trinajstić information content (AvgIpc) is 2.93. The van der Waals surface area contributed by atoms with E-state index in [9.17, 15) is 4.79 Å². The number of nitrogens with zero attached hydrogens (tertiary/aromatic N) is 1. The van der Waals surface area contributed by atoms with Crippen LogP contribution in [-0.4, -0.2) is 29.9 Å². The van der Waals surface area contributed by atoms with Gasteiger partial charge in [0.25, 0.3) is 0 Å². The van der Waals surface area contributed by atoms with Gasteiger partial charge in [-0.2, -0.15) is 0 Å². The lowest BCUT2D eigenvalue weighted by molar-refractivity contribution is -0.131. The largest absolute Gasteiger partial charge is 0.341 e. The monoisotopic (exact) mass is 344 g/mol. The Morgan fingerprint density at radius 2 is 2.16 bits per heavy atom. The van der Waals surface area contributed by atoms with E-state index >= 15 is 0 Å². The Bertz CT molecular complexity index is 461. The highest BCUT2D eigenvalue weighted by Crippen LogP contribution is 2.23. The standard InChI is InChI=1S/C14H18BrClN2O/c1-10(14(19)18-6-2-3-7-18)17-9-11-4-5-12(15)13(16)8-11/h4-5,8,10,17H,2-3,6-7,9H2,1H3. The first kappa shape index (κ1) is 14.8. The molecule has 1 aliphatic heterocycles. The summed E-state index contributed by atoms with van der Waals surface area (Å²) in [5.74, 6) is 0.195. The van der Waals surface area contributed by atoms with Crippen LogP contribution in [0.2, 0.25) is 5.02 Å². The van der Waals surface area contributed by atoms with Gasteiger partial charge in [-0.1, -0.05) is 17.7 Å². The quantitative estimate of drug-likeness (QED) is 0.909. The molecule has 0 bridgehead atoms. The molecule has 1 aliphatic rings. The van der Waals surface area contributed by atoms with Crippen molar-refractivity contribution in [3.8, 4) is 0 Å². The van der Waals surface area contributed by atoms with Gasteiger partial charge in [-0.3, -0.25) is 4.79 Å². The third kappa shape index (κ3) is 3.94. The Balaban J connectivity index is 1.87. The third-order valence-electron chi connectivity index (χ3n) is 3.38. The molecule has 0 spiro atoms. The van der Waals surface area contributed by atoms with Crippen molar-refractivity contribution in [1.82, 2.24) is 10.2 Å². The maximum atomic E-state index is 12.1. The normalized spacial score (nSPS) is 16.7. The first-order valence-electron chi connectivity index (χ1n) is 6.54. The molecule has 1 aromatic carbocycles. The van der Waals surface area contributed by atoms with Crippen LogP contribution in [0.3, 0.4) is 0 Å². The van der Waals surface area contributed by atoms with Crippen LogP contribution < -0.4 is 5.32 Å². The summed E-state index contributed by atoms with van der Waals surface area (Å²) < 4.78 is 0.888. The van der Waals surface area contributed by atoms with Crippen molar-refractivity contribution in [2.45, 2.75) is 32.4 Å². The van der Waals surface area contributed by atoms with Crippen molar-refractivity contribution < 1.29 is 4.79 Å². The number of rotatable bonds is 4. The van der Waals surface area contributed by atoms with Crippen LogP contribution >= 0.6 is 27.5 Å². The molecule has 1 atom stereocenters. The minimum absolute atomic E-state index is 0.152. The van der Waals surface area contributed by atoms with Gasteiger partial charge in [-0.25, -0.2) is 0 Å². The molecule has 1 saturated heterocycles. The summed E-state index contributed by atoms with van der Waals surface area (Å²) in [6.45, 7) is 4.36. The second kappa shape index (κ2) is 6.73. The predicted octanol–water partition coefficient (Wildman–Crippen LogP) is 3.20. The van der Waals surface area contributed by atoms with Crippen molar-refractivity contribution in [1.29, 1.82) is 0 Å². The Morgan fingerprint density at radius 1 is 1.47 bits per heavy atom. The summed E-state index contributed by atoms with van der Waals surface area (Å²) in [6, 6.07) is 5.68. The van der Waals surface area contributed by atoms with Crippen LogP contribution in [0.25, 0.3) is 0 Å². The molecular weight excluding hydrogens is 328 g/mol. The van der Waals surface area contributed by atoms with Crippen LogP contribution in [0.4, 0.5) is 0 Å². The second-order valence-electron chi connectivity index (χ2n) is 4.88. The van der Waals surface area contributed by atoms with E-state index in [2.05, 4.69) is 21.2 Å². The van der Waals surface area contributed by atoms with E-state index in [-0.39, 0.29) is 11.9 Å². The molecule has 19 heavy (non-hydrogen) atoms. The molecule has 1 amide bonds. The molecule has 1 N–H and O–H groups in total. The molecule has 0 saturated carbocycles.